The highest BCUT2D eigenvalue weighted by Crippen LogP contribution is 2.38. The number of unbranched alkanes of at least 4 members (excludes halogenated alkanes) is 2. The van der Waals surface area contributed by atoms with Crippen molar-refractivity contribution in [3.05, 3.63) is 59.2 Å². The summed E-state index contributed by atoms with van der Waals surface area (Å²) < 4.78 is 0. The Morgan fingerprint density at radius 3 is 2.11 bits per heavy atom. The molecule has 0 radical (unpaired) electrons. The molecule has 0 N–H and O–H groups in total. The van der Waals surface area contributed by atoms with Gasteiger partial charge in [-0.05, 0) is 66.3 Å². The molecule has 1 aliphatic carbocycles. The van der Waals surface area contributed by atoms with Crippen LogP contribution in [0.5, 0.6) is 0 Å². The summed E-state index contributed by atoms with van der Waals surface area (Å²) in [5.74, 6) is 1.63. The third kappa shape index (κ3) is 4.78. The van der Waals surface area contributed by atoms with Gasteiger partial charge in [-0.25, -0.2) is 0 Å². The van der Waals surface area contributed by atoms with E-state index in [1.807, 2.05) is 12.1 Å². The second kappa shape index (κ2) is 9.38. The number of benzene rings is 2. The predicted molar refractivity (Wildman–Crippen MR) is 110 cm³/mol. The van der Waals surface area contributed by atoms with Crippen molar-refractivity contribution in [1.29, 1.82) is 10.5 Å². The predicted octanol–water partition coefficient (Wildman–Crippen LogP) is 6.95. The highest BCUT2D eigenvalue weighted by atomic mass is 14.3. The van der Waals surface area contributed by atoms with Gasteiger partial charge in [0, 0.05) is 0 Å². The Labute approximate surface area is 163 Å². The van der Waals surface area contributed by atoms with E-state index in [1.165, 1.54) is 56.9 Å². The van der Waals surface area contributed by atoms with E-state index >= 15 is 0 Å². The quantitative estimate of drug-likeness (QED) is 0.526. The summed E-state index contributed by atoms with van der Waals surface area (Å²) in [4.78, 5) is 0. The van der Waals surface area contributed by atoms with Crippen LogP contribution in [0.15, 0.2) is 42.5 Å². The summed E-state index contributed by atoms with van der Waals surface area (Å²) in [6.45, 7) is 2.28. The first-order chi connectivity index (χ1) is 13.2. The third-order valence-electron chi connectivity index (χ3n) is 6.04. The van der Waals surface area contributed by atoms with Crippen molar-refractivity contribution in [2.45, 2.75) is 64.2 Å². The van der Waals surface area contributed by atoms with E-state index in [0.29, 0.717) is 17.0 Å². The second-order valence-corrected chi connectivity index (χ2v) is 7.82. The SMILES string of the molecule is CCCCCC1CCC(c2ccc(-c3ccc(C#N)c(C#N)c3)cc2)CC1. The average Bonchev–Trinajstić information content (AvgIpc) is 2.74. The topological polar surface area (TPSA) is 47.6 Å². The fourth-order valence-corrected chi connectivity index (χ4v) is 4.33. The monoisotopic (exact) mass is 356 g/mol. The molecule has 0 unspecified atom stereocenters. The molecule has 0 bridgehead atoms. The van der Waals surface area contributed by atoms with Crippen molar-refractivity contribution in [1.82, 2.24) is 0 Å². The van der Waals surface area contributed by atoms with Crippen LogP contribution in [0, 0.1) is 28.6 Å². The molecule has 0 spiro atoms. The van der Waals surface area contributed by atoms with E-state index in [2.05, 4.69) is 43.3 Å². The van der Waals surface area contributed by atoms with Crippen LogP contribution in [0.3, 0.4) is 0 Å². The van der Waals surface area contributed by atoms with Crippen LogP contribution in [0.1, 0.15) is 80.9 Å². The van der Waals surface area contributed by atoms with Gasteiger partial charge in [0.25, 0.3) is 0 Å². The van der Waals surface area contributed by atoms with Gasteiger partial charge in [0.15, 0.2) is 0 Å². The molecule has 0 heterocycles. The minimum Gasteiger partial charge on any atom is -0.192 e. The standard InChI is InChI=1S/C25H28N2/c1-2-3-4-5-19-6-8-20(9-7-19)21-10-12-22(13-11-21)23-14-15-24(17-26)25(16-23)18-27/h10-16,19-20H,2-9H2,1H3. The van der Waals surface area contributed by atoms with Crippen molar-refractivity contribution in [2.24, 2.45) is 5.92 Å². The van der Waals surface area contributed by atoms with Gasteiger partial charge < -0.3 is 0 Å². The summed E-state index contributed by atoms with van der Waals surface area (Å²) in [5.41, 5.74) is 4.43. The number of nitrogens with zero attached hydrogens (tertiary/aromatic N) is 2. The van der Waals surface area contributed by atoms with Crippen LogP contribution >= 0.6 is 0 Å². The van der Waals surface area contributed by atoms with Gasteiger partial charge in [0.2, 0.25) is 0 Å². The Hall–Kier alpha value is -2.58. The molecule has 27 heavy (non-hydrogen) atoms. The maximum absolute atomic E-state index is 9.22. The normalized spacial score (nSPS) is 19.2. The first kappa shape index (κ1) is 19.2. The summed E-state index contributed by atoms with van der Waals surface area (Å²) in [6.07, 6.45) is 10.9. The molecule has 0 aromatic heterocycles. The molecule has 3 rings (SSSR count). The number of hydrogen-bond acceptors (Lipinski definition) is 2. The molecule has 0 amide bonds. The highest BCUT2D eigenvalue weighted by Gasteiger charge is 2.22. The Morgan fingerprint density at radius 2 is 1.48 bits per heavy atom. The molecule has 2 heteroatoms. The molecular formula is C25H28N2. The molecule has 0 aliphatic heterocycles. The van der Waals surface area contributed by atoms with Gasteiger partial charge in [-0.2, -0.15) is 10.5 Å². The van der Waals surface area contributed by atoms with E-state index in [4.69, 9.17) is 5.26 Å². The van der Waals surface area contributed by atoms with Crippen molar-refractivity contribution in [2.75, 3.05) is 0 Å². The van der Waals surface area contributed by atoms with Crippen LogP contribution in [0.2, 0.25) is 0 Å². The summed E-state index contributed by atoms with van der Waals surface area (Å²) in [7, 11) is 0. The maximum atomic E-state index is 9.22. The van der Waals surface area contributed by atoms with Gasteiger partial charge >= 0.3 is 0 Å². The van der Waals surface area contributed by atoms with Crippen molar-refractivity contribution in [3.8, 4) is 23.3 Å². The second-order valence-electron chi connectivity index (χ2n) is 7.82. The van der Waals surface area contributed by atoms with Crippen molar-refractivity contribution >= 4 is 0 Å². The molecule has 1 aliphatic rings. The average molecular weight is 357 g/mol. The fraction of sp³-hybridized carbons (Fsp3) is 0.440. The smallest absolute Gasteiger partial charge is 0.101 e. The van der Waals surface area contributed by atoms with Crippen LogP contribution in [0.25, 0.3) is 11.1 Å². The molecule has 138 valence electrons. The number of hydrogen-bond donors (Lipinski definition) is 0. The van der Waals surface area contributed by atoms with Gasteiger partial charge in [0.1, 0.15) is 12.1 Å². The largest absolute Gasteiger partial charge is 0.192 e. The van der Waals surface area contributed by atoms with Gasteiger partial charge in [-0.1, -0.05) is 62.9 Å². The van der Waals surface area contributed by atoms with Gasteiger partial charge in [-0.15, -0.1) is 0 Å². The Morgan fingerprint density at radius 1 is 0.815 bits per heavy atom. The molecule has 2 aromatic carbocycles. The zero-order chi connectivity index (χ0) is 19.1. The maximum Gasteiger partial charge on any atom is 0.101 e. The van der Waals surface area contributed by atoms with Crippen LogP contribution in [-0.4, -0.2) is 0 Å². The summed E-state index contributed by atoms with van der Waals surface area (Å²) in [6, 6.07) is 18.5. The minimum atomic E-state index is 0.438. The third-order valence-corrected chi connectivity index (χ3v) is 6.04. The molecule has 1 fully saturated rings. The molecular weight excluding hydrogens is 328 g/mol. The zero-order valence-corrected chi connectivity index (χ0v) is 16.2. The van der Waals surface area contributed by atoms with E-state index in [1.54, 1.807) is 6.07 Å². The lowest BCUT2D eigenvalue weighted by molar-refractivity contribution is 0.303. The molecule has 1 saturated carbocycles. The van der Waals surface area contributed by atoms with E-state index in [0.717, 1.165) is 17.0 Å². The van der Waals surface area contributed by atoms with Crippen LogP contribution < -0.4 is 0 Å². The van der Waals surface area contributed by atoms with E-state index in [-0.39, 0.29) is 0 Å². The summed E-state index contributed by atoms with van der Waals surface area (Å²) >= 11 is 0. The first-order valence-electron chi connectivity index (χ1n) is 10.3. The number of nitriles is 2. The Balaban J connectivity index is 1.63. The van der Waals surface area contributed by atoms with Gasteiger partial charge in [0.05, 0.1) is 11.1 Å². The molecule has 0 atom stereocenters. The zero-order valence-electron chi connectivity index (χ0n) is 16.2. The highest BCUT2D eigenvalue weighted by molar-refractivity contribution is 5.67. The lowest BCUT2D eigenvalue weighted by atomic mass is 9.77. The number of rotatable bonds is 6. The van der Waals surface area contributed by atoms with Crippen molar-refractivity contribution in [3.63, 3.8) is 0 Å². The molecule has 0 saturated heterocycles. The minimum absolute atomic E-state index is 0.438. The van der Waals surface area contributed by atoms with E-state index < -0.39 is 0 Å². The van der Waals surface area contributed by atoms with Gasteiger partial charge in [-0.3, -0.25) is 0 Å². The Bertz CT molecular complexity index is 828. The lowest BCUT2D eigenvalue weighted by Crippen LogP contribution is -2.13. The fourth-order valence-electron chi connectivity index (χ4n) is 4.33. The summed E-state index contributed by atoms with van der Waals surface area (Å²) in [5, 5.41) is 18.3. The first-order valence-corrected chi connectivity index (χ1v) is 10.3. The van der Waals surface area contributed by atoms with Crippen LogP contribution in [0.4, 0.5) is 0 Å². The van der Waals surface area contributed by atoms with E-state index in [9.17, 15) is 5.26 Å². The van der Waals surface area contributed by atoms with Crippen LogP contribution in [-0.2, 0) is 0 Å². The Kier molecular flexibility index (Phi) is 6.67. The lowest BCUT2D eigenvalue weighted by Gasteiger charge is -2.29. The van der Waals surface area contributed by atoms with Crippen molar-refractivity contribution < 1.29 is 0 Å². The molecule has 2 nitrogen and oxygen atoms in total. The molecule has 2 aromatic rings.